The molecule has 4 saturated heterocycles. The van der Waals surface area contributed by atoms with Gasteiger partial charge in [0.1, 0.15) is 0 Å². The zero-order chi connectivity index (χ0) is 14.7. The van der Waals surface area contributed by atoms with Gasteiger partial charge in [-0.1, -0.05) is 6.92 Å². The van der Waals surface area contributed by atoms with Crippen molar-refractivity contribution >= 4 is 29.9 Å². The summed E-state index contributed by atoms with van der Waals surface area (Å²) in [6.07, 6.45) is 2.59. The average molecular weight is 422 g/mol. The van der Waals surface area contributed by atoms with Gasteiger partial charge in [0.2, 0.25) is 0 Å². The van der Waals surface area contributed by atoms with Gasteiger partial charge in [0.05, 0.1) is 6.54 Å². The number of likely N-dealkylation sites (tertiary alicyclic amines) is 1. The van der Waals surface area contributed by atoms with Crippen molar-refractivity contribution in [3.05, 3.63) is 0 Å². The molecule has 4 rings (SSSR count). The van der Waals surface area contributed by atoms with Crippen LogP contribution in [0.1, 0.15) is 19.8 Å². The number of fused-ring (bicyclic) bond motifs is 3. The number of likely N-dealkylation sites (N-methyl/N-ethyl adjacent to an activating group) is 1. The lowest BCUT2D eigenvalue weighted by molar-refractivity contribution is 0.0174. The van der Waals surface area contributed by atoms with Crippen molar-refractivity contribution in [3.8, 4) is 0 Å². The molecule has 2 unspecified atom stereocenters. The molecule has 4 aliphatic rings. The summed E-state index contributed by atoms with van der Waals surface area (Å²) in [5, 5.41) is 3.33. The second-order valence-corrected chi connectivity index (χ2v) is 6.52. The number of nitrogens with one attached hydrogen (secondary N) is 1. The summed E-state index contributed by atoms with van der Waals surface area (Å²) in [4.78, 5) is 12.2. The molecular weight excluding hydrogens is 391 g/mol. The van der Waals surface area contributed by atoms with Gasteiger partial charge in [-0.15, -0.1) is 24.0 Å². The number of nitrogens with two attached hydrogens (primary N) is 1. The lowest BCUT2D eigenvalue weighted by Crippen LogP contribution is -2.62. The SMILES string of the molecule is CCN1CCCC1CNC(N)=NCC1CN2CCN1CC2.I. The highest BCUT2D eigenvalue weighted by Crippen LogP contribution is 2.16. The van der Waals surface area contributed by atoms with E-state index in [-0.39, 0.29) is 24.0 Å². The molecule has 2 bridgehead atoms. The van der Waals surface area contributed by atoms with E-state index in [1.54, 1.807) is 0 Å². The molecule has 2 atom stereocenters. The summed E-state index contributed by atoms with van der Waals surface area (Å²) in [6.45, 7) is 12.4. The molecule has 0 saturated carbocycles. The highest BCUT2D eigenvalue weighted by atomic mass is 127. The van der Waals surface area contributed by atoms with E-state index in [9.17, 15) is 0 Å². The maximum absolute atomic E-state index is 6.04. The fraction of sp³-hybridized carbons (Fsp3) is 0.933. The molecule has 0 aliphatic carbocycles. The van der Waals surface area contributed by atoms with Crippen molar-refractivity contribution in [1.29, 1.82) is 0 Å². The second-order valence-electron chi connectivity index (χ2n) is 6.52. The first-order valence-electron chi connectivity index (χ1n) is 8.50. The minimum absolute atomic E-state index is 0. The number of piperazine rings is 3. The molecule has 0 amide bonds. The van der Waals surface area contributed by atoms with Crippen LogP contribution in [0.15, 0.2) is 4.99 Å². The maximum atomic E-state index is 6.04. The minimum atomic E-state index is 0. The van der Waals surface area contributed by atoms with Crippen molar-refractivity contribution in [3.63, 3.8) is 0 Å². The predicted octanol–water partition coefficient (Wildman–Crippen LogP) is -0.00720. The Balaban J connectivity index is 0.00000176. The van der Waals surface area contributed by atoms with Crippen molar-refractivity contribution < 1.29 is 0 Å². The predicted molar refractivity (Wildman–Crippen MR) is 102 cm³/mol. The maximum Gasteiger partial charge on any atom is 0.188 e. The normalized spacial score (nSPS) is 35.4. The lowest BCUT2D eigenvalue weighted by atomic mass is 10.1. The van der Waals surface area contributed by atoms with Crippen LogP contribution in [0.25, 0.3) is 0 Å². The molecule has 4 heterocycles. The van der Waals surface area contributed by atoms with E-state index in [2.05, 4.69) is 31.9 Å². The topological polar surface area (TPSA) is 60.1 Å². The van der Waals surface area contributed by atoms with Crippen molar-refractivity contribution in [1.82, 2.24) is 20.0 Å². The second kappa shape index (κ2) is 8.65. The number of rotatable bonds is 5. The van der Waals surface area contributed by atoms with Crippen LogP contribution in [0.4, 0.5) is 0 Å². The largest absolute Gasteiger partial charge is 0.370 e. The molecule has 0 spiro atoms. The van der Waals surface area contributed by atoms with E-state index in [1.807, 2.05) is 0 Å². The Morgan fingerprint density at radius 2 is 1.95 bits per heavy atom. The molecule has 0 radical (unpaired) electrons. The highest BCUT2D eigenvalue weighted by molar-refractivity contribution is 14.0. The average Bonchev–Trinajstić information content (AvgIpc) is 2.99. The Morgan fingerprint density at radius 1 is 1.18 bits per heavy atom. The Kier molecular flexibility index (Phi) is 7.17. The molecule has 128 valence electrons. The Hall–Kier alpha value is -0.120. The summed E-state index contributed by atoms with van der Waals surface area (Å²) in [6, 6.07) is 1.19. The zero-order valence-corrected chi connectivity index (χ0v) is 16.0. The summed E-state index contributed by atoms with van der Waals surface area (Å²) in [5.41, 5.74) is 6.04. The molecule has 22 heavy (non-hydrogen) atoms. The van der Waals surface area contributed by atoms with Gasteiger partial charge in [0.25, 0.3) is 0 Å². The van der Waals surface area contributed by atoms with Crippen molar-refractivity contribution in [2.24, 2.45) is 10.7 Å². The van der Waals surface area contributed by atoms with Crippen LogP contribution in [-0.2, 0) is 0 Å². The van der Waals surface area contributed by atoms with E-state index < -0.39 is 0 Å². The number of hydrogen-bond donors (Lipinski definition) is 2. The monoisotopic (exact) mass is 422 g/mol. The molecule has 3 N–H and O–H groups in total. The standard InChI is InChI=1S/C15H30N6.HI/c1-2-20-5-3-4-13(20)10-17-15(16)18-11-14-12-19-6-8-21(14)9-7-19;/h13-14H,2-12H2,1H3,(H3,16,17,18);1H. The lowest BCUT2D eigenvalue weighted by Gasteiger charge is -2.47. The molecule has 4 aliphatic heterocycles. The molecule has 0 aromatic rings. The molecule has 0 aromatic heterocycles. The van der Waals surface area contributed by atoms with Crippen LogP contribution in [0.5, 0.6) is 0 Å². The van der Waals surface area contributed by atoms with Gasteiger partial charge in [0, 0.05) is 51.4 Å². The van der Waals surface area contributed by atoms with Gasteiger partial charge in [-0.3, -0.25) is 19.7 Å². The van der Waals surface area contributed by atoms with Gasteiger partial charge < -0.3 is 11.1 Å². The number of hydrogen-bond acceptors (Lipinski definition) is 4. The first kappa shape index (κ1) is 18.2. The van der Waals surface area contributed by atoms with Gasteiger partial charge in [-0.25, -0.2) is 0 Å². The van der Waals surface area contributed by atoms with Crippen LogP contribution in [0.3, 0.4) is 0 Å². The van der Waals surface area contributed by atoms with Crippen molar-refractivity contribution in [2.45, 2.75) is 31.8 Å². The fourth-order valence-corrected chi connectivity index (χ4v) is 3.92. The zero-order valence-electron chi connectivity index (χ0n) is 13.7. The summed E-state index contributed by atoms with van der Waals surface area (Å²) >= 11 is 0. The van der Waals surface area contributed by atoms with E-state index in [4.69, 9.17) is 5.73 Å². The third-order valence-corrected chi connectivity index (χ3v) is 5.29. The molecule has 4 fully saturated rings. The third kappa shape index (κ3) is 4.46. The number of nitrogens with zero attached hydrogens (tertiary/aromatic N) is 4. The van der Waals surface area contributed by atoms with Crippen LogP contribution in [0.2, 0.25) is 0 Å². The minimum Gasteiger partial charge on any atom is -0.370 e. The molecular formula is C15H31IN6. The highest BCUT2D eigenvalue weighted by Gasteiger charge is 2.31. The first-order chi connectivity index (χ1) is 10.3. The van der Waals surface area contributed by atoms with Gasteiger partial charge >= 0.3 is 0 Å². The quantitative estimate of drug-likeness (QED) is 0.371. The number of guanidine groups is 1. The van der Waals surface area contributed by atoms with Crippen LogP contribution < -0.4 is 11.1 Å². The van der Waals surface area contributed by atoms with E-state index in [0.717, 1.165) is 26.2 Å². The summed E-state index contributed by atoms with van der Waals surface area (Å²) in [5.74, 6) is 0.621. The van der Waals surface area contributed by atoms with Gasteiger partial charge in [-0.2, -0.15) is 0 Å². The van der Waals surface area contributed by atoms with Crippen molar-refractivity contribution in [2.75, 3.05) is 58.9 Å². The van der Waals surface area contributed by atoms with Crippen LogP contribution in [-0.4, -0.2) is 91.6 Å². The number of aliphatic imine (C=N–C) groups is 1. The number of halogens is 1. The molecule has 6 nitrogen and oxygen atoms in total. The fourth-order valence-electron chi connectivity index (χ4n) is 3.92. The van der Waals surface area contributed by atoms with Crippen LogP contribution >= 0.6 is 24.0 Å². The van der Waals surface area contributed by atoms with Gasteiger partial charge in [-0.05, 0) is 25.9 Å². The first-order valence-corrected chi connectivity index (χ1v) is 8.50. The smallest absolute Gasteiger partial charge is 0.188 e. The third-order valence-electron chi connectivity index (χ3n) is 5.29. The van der Waals surface area contributed by atoms with E-state index in [1.165, 1.54) is 45.6 Å². The Morgan fingerprint density at radius 3 is 2.59 bits per heavy atom. The van der Waals surface area contributed by atoms with Crippen LogP contribution in [0, 0.1) is 0 Å². The molecule has 0 aromatic carbocycles. The summed E-state index contributed by atoms with van der Waals surface area (Å²) in [7, 11) is 0. The molecule has 7 heteroatoms. The Bertz CT molecular complexity index is 369. The Labute approximate surface area is 151 Å². The summed E-state index contributed by atoms with van der Waals surface area (Å²) < 4.78 is 0. The van der Waals surface area contributed by atoms with E-state index >= 15 is 0 Å². The van der Waals surface area contributed by atoms with Gasteiger partial charge in [0.15, 0.2) is 5.96 Å². The van der Waals surface area contributed by atoms with E-state index in [0.29, 0.717) is 18.0 Å².